The summed E-state index contributed by atoms with van der Waals surface area (Å²) in [6.45, 7) is 3.25. The van der Waals surface area contributed by atoms with Crippen LogP contribution in [-0.2, 0) is 14.3 Å². The number of Topliss-reactive ketones (excluding diaryl/α,β-unsaturated/α-hetero) is 1. The van der Waals surface area contributed by atoms with Gasteiger partial charge in [-0.2, -0.15) is 0 Å². The Balaban J connectivity index is 1.51. The number of nitrogens with zero attached hydrogens (tertiary/aromatic N) is 1. The van der Waals surface area contributed by atoms with Crippen LogP contribution in [0.4, 0.5) is 11.4 Å². The van der Waals surface area contributed by atoms with Gasteiger partial charge in [-0.25, -0.2) is 4.79 Å². The maximum absolute atomic E-state index is 12.4. The number of ether oxygens (including phenoxy) is 1. The first-order chi connectivity index (χ1) is 14.0. The molecule has 1 amide bonds. The van der Waals surface area contributed by atoms with Crippen LogP contribution in [0.1, 0.15) is 30.1 Å². The fourth-order valence-corrected chi connectivity index (χ4v) is 3.92. The van der Waals surface area contributed by atoms with Gasteiger partial charge in [-0.05, 0) is 56.2 Å². The van der Waals surface area contributed by atoms with E-state index in [0.717, 1.165) is 18.8 Å². The average molecular weight is 413 g/mol. The molecule has 0 aromatic heterocycles. The number of hydrogen-bond acceptors (Lipinski definition) is 6. The summed E-state index contributed by atoms with van der Waals surface area (Å²) in [5.74, 6) is -0.691. The first kappa shape index (κ1) is 20.9. The molecule has 0 bridgehead atoms. The smallest absolute Gasteiger partial charge is 0.339 e. The minimum absolute atomic E-state index is 0.0216. The van der Waals surface area contributed by atoms with Gasteiger partial charge in [0.15, 0.2) is 6.61 Å². The Labute approximate surface area is 174 Å². The predicted molar refractivity (Wildman–Crippen MR) is 115 cm³/mol. The van der Waals surface area contributed by atoms with E-state index >= 15 is 0 Å². The summed E-state index contributed by atoms with van der Waals surface area (Å²) >= 11 is 1.28. The van der Waals surface area contributed by atoms with Gasteiger partial charge in [-0.3, -0.25) is 9.59 Å². The van der Waals surface area contributed by atoms with E-state index in [9.17, 15) is 14.4 Å². The molecule has 1 fully saturated rings. The number of ketones is 1. The highest BCUT2D eigenvalue weighted by molar-refractivity contribution is 8.00. The van der Waals surface area contributed by atoms with Crippen LogP contribution in [0, 0.1) is 0 Å². The second kappa shape index (κ2) is 10.1. The quantitative estimate of drug-likeness (QED) is 0.526. The highest BCUT2D eigenvalue weighted by atomic mass is 32.2. The molecular weight excluding hydrogens is 388 g/mol. The van der Waals surface area contributed by atoms with Crippen LogP contribution >= 0.6 is 11.8 Å². The second-order valence-electron chi connectivity index (χ2n) is 6.85. The molecule has 0 unspecified atom stereocenters. The van der Waals surface area contributed by atoms with Gasteiger partial charge in [-0.15, -0.1) is 11.8 Å². The number of rotatable bonds is 8. The molecule has 2 aromatic rings. The van der Waals surface area contributed by atoms with Crippen molar-refractivity contribution < 1.29 is 19.1 Å². The number of carbonyl (C=O) groups is 3. The van der Waals surface area contributed by atoms with Crippen LogP contribution < -0.4 is 10.2 Å². The van der Waals surface area contributed by atoms with Crippen molar-refractivity contribution in [2.75, 3.05) is 35.7 Å². The number of esters is 1. The molecule has 0 aliphatic carbocycles. The van der Waals surface area contributed by atoms with E-state index in [1.807, 2.05) is 24.3 Å². The molecule has 0 spiro atoms. The van der Waals surface area contributed by atoms with E-state index in [1.54, 1.807) is 24.3 Å². The summed E-state index contributed by atoms with van der Waals surface area (Å²) in [4.78, 5) is 38.7. The molecule has 0 radical (unpaired) electrons. The van der Waals surface area contributed by atoms with Gasteiger partial charge in [0.25, 0.3) is 5.91 Å². The molecule has 1 N–H and O–H groups in total. The summed E-state index contributed by atoms with van der Waals surface area (Å²) < 4.78 is 5.16. The van der Waals surface area contributed by atoms with Gasteiger partial charge < -0.3 is 15.0 Å². The first-order valence-corrected chi connectivity index (χ1v) is 10.5. The molecule has 6 nitrogen and oxygen atoms in total. The van der Waals surface area contributed by atoms with Crippen LogP contribution in [0.2, 0.25) is 0 Å². The van der Waals surface area contributed by atoms with E-state index in [2.05, 4.69) is 10.2 Å². The zero-order chi connectivity index (χ0) is 20.6. The Bertz CT molecular complexity index is 877. The lowest BCUT2D eigenvalue weighted by molar-refractivity contribution is -0.119. The van der Waals surface area contributed by atoms with Crippen LogP contribution in [0.15, 0.2) is 53.4 Å². The van der Waals surface area contributed by atoms with Crippen molar-refractivity contribution in [3.63, 3.8) is 0 Å². The average Bonchev–Trinajstić information content (AvgIpc) is 3.26. The zero-order valence-electron chi connectivity index (χ0n) is 16.3. The number of anilines is 2. The van der Waals surface area contributed by atoms with Gasteiger partial charge in [-0.1, -0.05) is 12.1 Å². The third-order valence-corrected chi connectivity index (χ3v) is 5.71. The minimum atomic E-state index is -0.587. The van der Waals surface area contributed by atoms with Gasteiger partial charge in [0.05, 0.1) is 11.3 Å². The fourth-order valence-electron chi connectivity index (χ4n) is 3.08. The Morgan fingerprint density at radius 1 is 1.03 bits per heavy atom. The number of carbonyl (C=O) groups excluding carboxylic acids is 3. The molecule has 7 heteroatoms. The minimum Gasteiger partial charge on any atom is -0.452 e. The maximum atomic E-state index is 12.4. The molecule has 3 rings (SSSR count). The molecule has 1 saturated heterocycles. The number of hydrogen-bond donors (Lipinski definition) is 1. The van der Waals surface area contributed by atoms with Crippen molar-refractivity contribution in [2.45, 2.75) is 24.7 Å². The van der Waals surface area contributed by atoms with Gasteiger partial charge in [0, 0.05) is 29.4 Å². The standard InChI is InChI=1S/C22H24N2O4S/c1-16(25)15-29-20-7-3-2-6-19(20)22(27)28-14-21(26)23-17-8-10-18(11-9-17)24-12-4-5-13-24/h2-3,6-11H,4-5,12-15H2,1H3,(H,23,26). The number of benzene rings is 2. The first-order valence-electron chi connectivity index (χ1n) is 9.56. The Hall–Kier alpha value is -2.80. The van der Waals surface area contributed by atoms with Crippen molar-refractivity contribution >= 4 is 40.8 Å². The topological polar surface area (TPSA) is 75.7 Å². The number of nitrogens with one attached hydrogen (secondary N) is 1. The van der Waals surface area contributed by atoms with Crippen molar-refractivity contribution in [2.24, 2.45) is 0 Å². The second-order valence-corrected chi connectivity index (χ2v) is 7.87. The largest absolute Gasteiger partial charge is 0.452 e. The highest BCUT2D eigenvalue weighted by Crippen LogP contribution is 2.24. The molecule has 2 aromatic carbocycles. The summed E-state index contributed by atoms with van der Waals surface area (Å²) in [6.07, 6.45) is 2.42. The number of thioether (sulfide) groups is 1. The summed E-state index contributed by atoms with van der Waals surface area (Å²) in [5, 5.41) is 2.74. The molecular formula is C22H24N2O4S. The van der Waals surface area contributed by atoms with Gasteiger partial charge >= 0.3 is 5.97 Å². The Morgan fingerprint density at radius 3 is 2.41 bits per heavy atom. The van der Waals surface area contributed by atoms with Crippen LogP contribution in [-0.4, -0.2) is 43.1 Å². The van der Waals surface area contributed by atoms with E-state index in [0.29, 0.717) is 16.1 Å². The van der Waals surface area contributed by atoms with E-state index in [4.69, 9.17) is 4.74 Å². The normalized spacial score (nSPS) is 13.2. The molecule has 152 valence electrons. The predicted octanol–water partition coefficient (Wildman–Crippen LogP) is 3.76. The third kappa shape index (κ3) is 6.09. The lowest BCUT2D eigenvalue weighted by Gasteiger charge is -2.17. The Kier molecular flexibility index (Phi) is 7.30. The Morgan fingerprint density at radius 2 is 1.72 bits per heavy atom. The van der Waals surface area contributed by atoms with Crippen molar-refractivity contribution in [1.82, 2.24) is 0 Å². The molecule has 29 heavy (non-hydrogen) atoms. The van der Waals surface area contributed by atoms with Gasteiger partial charge in [0.2, 0.25) is 0 Å². The van der Waals surface area contributed by atoms with Crippen molar-refractivity contribution in [3.05, 3.63) is 54.1 Å². The third-order valence-electron chi connectivity index (χ3n) is 4.49. The fraction of sp³-hybridized carbons (Fsp3) is 0.318. The summed E-state index contributed by atoms with van der Waals surface area (Å²) in [5.41, 5.74) is 2.15. The molecule has 0 atom stereocenters. The van der Waals surface area contributed by atoms with E-state index < -0.39 is 11.9 Å². The van der Waals surface area contributed by atoms with E-state index in [1.165, 1.54) is 31.5 Å². The number of amides is 1. The molecule has 1 aliphatic rings. The summed E-state index contributed by atoms with van der Waals surface area (Å²) in [6, 6.07) is 14.5. The van der Waals surface area contributed by atoms with Crippen molar-refractivity contribution in [1.29, 1.82) is 0 Å². The summed E-state index contributed by atoms with van der Waals surface area (Å²) in [7, 11) is 0. The molecule has 1 aliphatic heterocycles. The lowest BCUT2D eigenvalue weighted by atomic mass is 10.2. The zero-order valence-corrected chi connectivity index (χ0v) is 17.2. The van der Waals surface area contributed by atoms with Crippen LogP contribution in [0.3, 0.4) is 0 Å². The van der Waals surface area contributed by atoms with Crippen LogP contribution in [0.5, 0.6) is 0 Å². The molecule has 0 saturated carbocycles. The van der Waals surface area contributed by atoms with Crippen LogP contribution in [0.25, 0.3) is 0 Å². The highest BCUT2D eigenvalue weighted by Gasteiger charge is 2.16. The van der Waals surface area contributed by atoms with Gasteiger partial charge in [0.1, 0.15) is 5.78 Å². The van der Waals surface area contributed by atoms with E-state index in [-0.39, 0.29) is 18.1 Å². The SMILES string of the molecule is CC(=O)CSc1ccccc1C(=O)OCC(=O)Nc1ccc(N2CCCC2)cc1. The lowest BCUT2D eigenvalue weighted by Crippen LogP contribution is -2.21. The van der Waals surface area contributed by atoms with Crippen molar-refractivity contribution in [3.8, 4) is 0 Å². The maximum Gasteiger partial charge on any atom is 0.339 e. The monoisotopic (exact) mass is 412 g/mol. The molecule has 1 heterocycles.